The summed E-state index contributed by atoms with van der Waals surface area (Å²) in [5, 5.41) is 0.752. The minimum absolute atomic E-state index is 0.272. The van der Waals surface area contributed by atoms with Gasteiger partial charge in [0.25, 0.3) is 0 Å². The van der Waals surface area contributed by atoms with Crippen molar-refractivity contribution in [1.29, 1.82) is 0 Å². The maximum atomic E-state index is 13.3. The highest BCUT2D eigenvalue weighted by Gasteiger charge is 2.26. The van der Waals surface area contributed by atoms with E-state index in [1.165, 1.54) is 23.9 Å². The standard InChI is InChI=1S/C22H26FN3O2S/c1-4-6-7-8-17-19(22(27)28-5-2)20-21(24-13-18(25-20)29-3)26(17)14-15-9-11-16(23)12-10-15/h9-13H,4-8,14H2,1-3H3. The minimum Gasteiger partial charge on any atom is -0.462 e. The maximum absolute atomic E-state index is 13.3. The number of benzene rings is 1. The lowest BCUT2D eigenvalue weighted by Crippen LogP contribution is -2.11. The number of carbonyl (C=O) groups excluding carboxylic acids is 1. The van der Waals surface area contributed by atoms with Crippen LogP contribution in [0.2, 0.25) is 0 Å². The van der Waals surface area contributed by atoms with Crippen molar-refractivity contribution in [1.82, 2.24) is 14.5 Å². The number of esters is 1. The highest BCUT2D eigenvalue weighted by molar-refractivity contribution is 7.98. The van der Waals surface area contributed by atoms with Crippen molar-refractivity contribution in [2.45, 2.75) is 51.1 Å². The number of hydrogen-bond donors (Lipinski definition) is 0. The van der Waals surface area contributed by atoms with Gasteiger partial charge in [0, 0.05) is 12.2 Å². The second-order valence-electron chi connectivity index (χ2n) is 6.80. The molecular weight excluding hydrogens is 389 g/mol. The molecule has 3 aromatic rings. The van der Waals surface area contributed by atoms with Gasteiger partial charge in [-0.05, 0) is 43.7 Å². The molecule has 0 saturated carbocycles. The third-order valence-electron chi connectivity index (χ3n) is 4.80. The lowest BCUT2D eigenvalue weighted by molar-refractivity contribution is 0.0526. The summed E-state index contributed by atoms with van der Waals surface area (Å²) in [7, 11) is 0. The van der Waals surface area contributed by atoms with E-state index in [2.05, 4.69) is 16.9 Å². The van der Waals surface area contributed by atoms with Gasteiger partial charge >= 0.3 is 5.97 Å². The second kappa shape index (κ2) is 9.87. The zero-order chi connectivity index (χ0) is 20.8. The molecule has 0 spiro atoms. The first kappa shape index (κ1) is 21.3. The fourth-order valence-corrected chi connectivity index (χ4v) is 3.73. The molecule has 7 heteroatoms. The van der Waals surface area contributed by atoms with E-state index in [4.69, 9.17) is 4.74 Å². The van der Waals surface area contributed by atoms with Crippen LogP contribution in [-0.2, 0) is 17.7 Å². The molecule has 3 rings (SSSR count). The smallest absolute Gasteiger partial charge is 0.342 e. The number of hydrogen-bond acceptors (Lipinski definition) is 5. The molecule has 0 atom stereocenters. The number of halogens is 1. The minimum atomic E-state index is -0.366. The first-order chi connectivity index (χ1) is 14.1. The van der Waals surface area contributed by atoms with Gasteiger partial charge in [0.1, 0.15) is 21.9 Å². The van der Waals surface area contributed by atoms with Gasteiger partial charge in [-0.15, -0.1) is 11.8 Å². The van der Waals surface area contributed by atoms with E-state index < -0.39 is 0 Å². The van der Waals surface area contributed by atoms with Crippen molar-refractivity contribution in [2.24, 2.45) is 0 Å². The molecule has 0 unspecified atom stereocenters. The highest BCUT2D eigenvalue weighted by atomic mass is 32.2. The molecule has 2 heterocycles. The van der Waals surface area contributed by atoms with Crippen molar-refractivity contribution < 1.29 is 13.9 Å². The third kappa shape index (κ3) is 4.78. The Morgan fingerprint density at radius 3 is 2.62 bits per heavy atom. The molecule has 29 heavy (non-hydrogen) atoms. The van der Waals surface area contributed by atoms with Crippen molar-refractivity contribution in [3.63, 3.8) is 0 Å². The van der Waals surface area contributed by atoms with Gasteiger partial charge in [-0.1, -0.05) is 31.9 Å². The number of thioether (sulfide) groups is 1. The van der Waals surface area contributed by atoms with E-state index in [0.29, 0.717) is 29.9 Å². The Labute approximate surface area is 174 Å². The van der Waals surface area contributed by atoms with Crippen molar-refractivity contribution in [2.75, 3.05) is 12.9 Å². The number of aromatic nitrogens is 3. The summed E-state index contributed by atoms with van der Waals surface area (Å²) in [6, 6.07) is 6.40. The van der Waals surface area contributed by atoms with Gasteiger partial charge in [-0.2, -0.15) is 0 Å². The number of ether oxygens (including phenoxy) is 1. The Balaban J connectivity index is 2.18. The second-order valence-corrected chi connectivity index (χ2v) is 7.62. The molecule has 2 aromatic heterocycles. The number of fused-ring (bicyclic) bond motifs is 1. The van der Waals surface area contributed by atoms with Gasteiger partial charge in [0.15, 0.2) is 5.65 Å². The highest BCUT2D eigenvalue weighted by Crippen LogP contribution is 2.29. The van der Waals surface area contributed by atoms with Gasteiger partial charge in [-0.25, -0.2) is 19.2 Å². The molecule has 0 fully saturated rings. The average Bonchev–Trinajstić information content (AvgIpc) is 3.02. The normalized spacial score (nSPS) is 11.2. The monoisotopic (exact) mass is 415 g/mol. The molecule has 0 amide bonds. The van der Waals surface area contributed by atoms with E-state index in [-0.39, 0.29) is 11.8 Å². The lowest BCUT2D eigenvalue weighted by atomic mass is 10.1. The summed E-state index contributed by atoms with van der Waals surface area (Å²) in [4.78, 5) is 22.2. The zero-order valence-electron chi connectivity index (χ0n) is 17.1. The maximum Gasteiger partial charge on any atom is 0.342 e. The van der Waals surface area contributed by atoms with Crippen LogP contribution in [0.1, 0.15) is 54.7 Å². The molecule has 0 bridgehead atoms. The van der Waals surface area contributed by atoms with E-state index in [9.17, 15) is 9.18 Å². The predicted octanol–water partition coefficient (Wildman–Crippen LogP) is 5.25. The number of nitrogens with zero attached hydrogens (tertiary/aromatic N) is 3. The van der Waals surface area contributed by atoms with Crippen LogP contribution in [-0.4, -0.2) is 33.4 Å². The van der Waals surface area contributed by atoms with Crippen molar-refractivity contribution in [3.8, 4) is 0 Å². The fraction of sp³-hybridized carbons (Fsp3) is 0.409. The van der Waals surface area contributed by atoms with Crippen LogP contribution < -0.4 is 0 Å². The van der Waals surface area contributed by atoms with Gasteiger partial charge in [0.2, 0.25) is 0 Å². The molecule has 0 saturated heterocycles. The molecule has 0 aliphatic carbocycles. The molecule has 0 aliphatic rings. The largest absolute Gasteiger partial charge is 0.462 e. The topological polar surface area (TPSA) is 57.0 Å². The lowest BCUT2D eigenvalue weighted by Gasteiger charge is -2.12. The number of unbranched alkanes of at least 4 members (excludes halogenated alkanes) is 2. The summed E-state index contributed by atoms with van der Waals surface area (Å²) in [5.74, 6) is -0.639. The predicted molar refractivity (Wildman–Crippen MR) is 114 cm³/mol. The molecule has 0 aliphatic heterocycles. The molecule has 154 valence electrons. The van der Waals surface area contributed by atoms with Crippen LogP contribution in [0, 0.1) is 5.82 Å². The third-order valence-corrected chi connectivity index (χ3v) is 5.41. The SMILES string of the molecule is CCCCCc1c(C(=O)OCC)c2nc(SC)cnc2n1Cc1ccc(F)cc1. The molecule has 0 radical (unpaired) electrons. The Morgan fingerprint density at radius 1 is 1.21 bits per heavy atom. The summed E-state index contributed by atoms with van der Waals surface area (Å²) in [6.45, 7) is 4.73. The van der Waals surface area contributed by atoms with Crippen LogP contribution in [0.4, 0.5) is 4.39 Å². The Bertz CT molecular complexity index is 986. The van der Waals surface area contributed by atoms with Crippen LogP contribution >= 0.6 is 11.8 Å². The number of carbonyl (C=O) groups is 1. The Kier molecular flexibility index (Phi) is 7.25. The molecule has 1 aromatic carbocycles. The first-order valence-corrected chi connectivity index (χ1v) is 11.1. The molecule has 5 nitrogen and oxygen atoms in total. The summed E-state index contributed by atoms with van der Waals surface area (Å²) < 4.78 is 20.7. The van der Waals surface area contributed by atoms with E-state index in [1.54, 1.807) is 25.3 Å². The van der Waals surface area contributed by atoms with Gasteiger partial charge in [0.05, 0.1) is 12.8 Å². The Morgan fingerprint density at radius 2 is 1.97 bits per heavy atom. The van der Waals surface area contributed by atoms with Crippen molar-refractivity contribution >= 4 is 28.9 Å². The fourth-order valence-electron chi connectivity index (χ4n) is 3.39. The number of rotatable bonds is 9. The quantitative estimate of drug-likeness (QED) is 0.271. The van der Waals surface area contributed by atoms with Crippen LogP contribution in [0.3, 0.4) is 0 Å². The Hall–Kier alpha value is -2.41. The van der Waals surface area contributed by atoms with Crippen LogP contribution in [0.25, 0.3) is 11.2 Å². The van der Waals surface area contributed by atoms with E-state index in [1.807, 2.05) is 10.8 Å². The van der Waals surface area contributed by atoms with Crippen LogP contribution in [0.15, 0.2) is 35.5 Å². The average molecular weight is 416 g/mol. The summed E-state index contributed by atoms with van der Waals surface area (Å²) in [6.07, 6.45) is 7.49. The van der Waals surface area contributed by atoms with Gasteiger partial charge < -0.3 is 9.30 Å². The van der Waals surface area contributed by atoms with E-state index >= 15 is 0 Å². The van der Waals surface area contributed by atoms with Crippen LogP contribution in [0.5, 0.6) is 0 Å². The van der Waals surface area contributed by atoms with E-state index in [0.717, 1.165) is 42.0 Å². The zero-order valence-corrected chi connectivity index (χ0v) is 17.9. The molecule has 0 N–H and O–H groups in total. The first-order valence-electron chi connectivity index (χ1n) is 9.92. The molecular formula is C22H26FN3O2S. The van der Waals surface area contributed by atoms with Crippen molar-refractivity contribution in [3.05, 3.63) is 53.1 Å². The summed E-state index contributed by atoms with van der Waals surface area (Å²) in [5.41, 5.74) is 3.55. The van der Waals surface area contributed by atoms with Gasteiger partial charge in [-0.3, -0.25) is 0 Å². The summed E-state index contributed by atoms with van der Waals surface area (Å²) >= 11 is 1.48.